The summed E-state index contributed by atoms with van der Waals surface area (Å²) in [5.74, 6) is 0.843. The normalized spacial score (nSPS) is 15.0. The Morgan fingerprint density at radius 2 is 1.80 bits per heavy atom. The quantitative estimate of drug-likeness (QED) is 0.353. The summed E-state index contributed by atoms with van der Waals surface area (Å²) < 4.78 is 5.80. The van der Waals surface area contributed by atoms with Crippen molar-refractivity contribution in [1.29, 1.82) is 0 Å². The van der Waals surface area contributed by atoms with E-state index < -0.39 is 0 Å². The van der Waals surface area contributed by atoms with Crippen molar-refractivity contribution in [3.63, 3.8) is 0 Å². The van der Waals surface area contributed by atoms with Gasteiger partial charge in [-0.2, -0.15) is 0 Å². The summed E-state index contributed by atoms with van der Waals surface area (Å²) in [5, 5.41) is 5.54. The van der Waals surface area contributed by atoms with E-state index in [-0.39, 0.29) is 0 Å². The topological polar surface area (TPSA) is 40.3 Å². The number of aromatic nitrogens is 1. The standard InChI is InChI=1S/C25H31N3OS/c1-2-29-24-16-10-9-15-23(24)27-25(30)28(20-11-5-3-4-6-12-20)18-19-17-26-22-14-8-7-13-21(19)22/h7-10,13-17,20,26H,2-6,11-12,18H2,1H3,(H,27,30). The van der Waals surface area contributed by atoms with Gasteiger partial charge < -0.3 is 19.9 Å². The molecule has 1 heterocycles. The van der Waals surface area contributed by atoms with Crippen LogP contribution in [-0.2, 0) is 6.54 Å². The molecule has 2 aromatic carbocycles. The van der Waals surface area contributed by atoms with Crippen molar-refractivity contribution in [3.05, 3.63) is 60.3 Å². The molecule has 4 nitrogen and oxygen atoms in total. The summed E-state index contributed by atoms with van der Waals surface area (Å²) in [6, 6.07) is 17.0. The lowest BCUT2D eigenvalue weighted by atomic mass is 10.1. The fraction of sp³-hybridized carbons (Fsp3) is 0.400. The monoisotopic (exact) mass is 421 g/mol. The zero-order valence-corrected chi connectivity index (χ0v) is 18.5. The van der Waals surface area contributed by atoms with Crippen LogP contribution >= 0.6 is 12.2 Å². The molecule has 0 saturated heterocycles. The zero-order valence-electron chi connectivity index (χ0n) is 17.7. The third kappa shape index (κ3) is 4.78. The summed E-state index contributed by atoms with van der Waals surface area (Å²) in [6.45, 7) is 3.44. The van der Waals surface area contributed by atoms with Crippen LogP contribution in [0.1, 0.15) is 51.0 Å². The molecular weight excluding hydrogens is 390 g/mol. The van der Waals surface area contributed by atoms with Crippen LogP contribution in [0, 0.1) is 0 Å². The predicted molar refractivity (Wildman–Crippen MR) is 129 cm³/mol. The number of hydrogen-bond acceptors (Lipinski definition) is 2. The van der Waals surface area contributed by atoms with E-state index in [2.05, 4.69) is 45.7 Å². The molecule has 30 heavy (non-hydrogen) atoms. The molecule has 1 aliphatic rings. The molecule has 2 N–H and O–H groups in total. The Labute approximate surface area is 184 Å². The van der Waals surface area contributed by atoms with Crippen LogP contribution < -0.4 is 10.1 Å². The van der Waals surface area contributed by atoms with E-state index in [4.69, 9.17) is 17.0 Å². The molecule has 0 spiro atoms. The first-order chi connectivity index (χ1) is 14.8. The van der Waals surface area contributed by atoms with Crippen LogP contribution in [0.5, 0.6) is 5.75 Å². The predicted octanol–water partition coefficient (Wildman–Crippen LogP) is 6.49. The first-order valence-corrected chi connectivity index (χ1v) is 11.5. The Kier molecular flexibility index (Phi) is 6.90. The number of hydrogen-bond donors (Lipinski definition) is 2. The van der Waals surface area contributed by atoms with Gasteiger partial charge in [0.25, 0.3) is 0 Å². The molecule has 1 saturated carbocycles. The first-order valence-electron chi connectivity index (χ1n) is 11.1. The van der Waals surface area contributed by atoms with Crippen LogP contribution in [-0.4, -0.2) is 27.6 Å². The molecule has 4 rings (SSSR count). The maximum Gasteiger partial charge on any atom is 0.174 e. The fourth-order valence-electron chi connectivity index (χ4n) is 4.42. The maximum atomic E-state index is 5.97. The lowest BCUT2D eigenvalue weighted by Gasteiger charge is -2.34. The maximum absolute atomic E-state index is 5.97. The summed E-state index contributed by atoms with van der Waals surface area (Å²) in [7, 11) is 0. The lowest BCUT2D eigenvalue weighted by molar-refractivity contribution is 0.280. The molecule has 1 aliphatic carbocycles. The van der Waals surface area contributed by atoms with Crippen LogP contribution in [0.4, 0.5) is 5.69 Å². The highest BCUT2D eigenvalue weighted by molar-refractivity contribution is 7.80. The molecule has 0 unspecified atom stereocenters. The summed E-state index contributed by atoms with van der Waals surface area (Å²) >= 11 is 5.97. The van der Waals surface area contributed by atoms with Gasteiger partial charge in [-0.3, -0.25) is 0 Å². The molecule has 5 heteroatoms. The number of H-pyrrole nitrogens is 1. The first kappa shape index (κ1) is 20.7. The van der Waals surface area contributed by atoms with Crippen molar-refractivity contribution in [2.75, 3.05) is 11.9 Å². The SMILES string of the molecule is CCOc1ccccc1NC(=S)N(Cc1c[nH]c2ccccc12)C1CCCCCC1. The van der Waals surface area contributed by atoms with E-state index in [0.717, 1.165) is 23.1 Å². The number of aromatic amines is 1. The number of nitrogens with one attached hydrogen (secondary N) is 2. The zero-order chi connectivity index (χ0) is 20.8. The Balaban J connectivity index is 1.60. The van der Waals surface area contributed by atoms with E-state index in [1.807, 2.05) is 31.2 Å². The van der Waals surface area contributed by atoms with E-state index in [9.17, 15) is 0 Å². The molecule has 0 amide bonds. The van der Waals surface area contributed by atoms with E-state index in [0.29, 0.717) is 12.6 Å². The van der Waals surface area contributed by atoms with E-state index >= 15 is 0 Å². The molecule has 0 aliphatic heterocycles. The molecular formula is C25H31N3OS. The second kappa shape index (κ2) is 9.98. The Morgan fingerprint density at radius 1 is 1.07 bits per heavy atom. The second-order valence-corrected chi connectivity index (χ2v) is 8.38. The minimum Gasteiger partial charge on any atom is -0.492 e. The molecule has 158 valence electrons. The van der Waals surface area contributed by atoms with Crippen molar-refractivity contribution < 1.29 is 4.74 Å². The smallest absolute Gasteiger partial charge is 0.174 e. The summed E-state index contributed by atoms with van der Waals surface area (Å²) in [6.07, 6.45) is 9.70. The van der Waals surface area contributed by atoms with Crippen LogP contribution in [0.3, 0.4) is 0 Å². The van der Waals surface area contributed by atoms with Crippen molar-refractivity contribution in [2.45, 2.75) is 58.0 Å². The van der Waals surface area contributed by atoms with Gasteiger partial charge in [-0.25, -0.2) is 0 Å². The van der Waals surface area contributed by atoms with E-state index in [1.54, 1.807) is 0 Å². The molecule has 0 bridgehead atoms. The summed E-state index contributed by atoms with van der Waals surface area (Å²) in [5.41, 5.74) is 3.40. The van der Waals surface area contributed by atoms with Gasteiger partial charge in [0.15, 0.2) is 5.11 Å². The molecule has 3 aromatic rings. The Hall–Kier alpha value is -2.53. The Bertz CT molecular complexity index is 975. The largest absolute Gasteiger partial charge is 0.492 e. The molecule has 0 atom stereocenters. The average Bonchev–Trinajstić information content (AvgIpc) is 2.98. The highest BCUT2D eigenvalue weighted by atomic mass is 32.1. The van der Waals surface area contributed by atoms with Gasteiger partial charge in [0.1, 0.15) is 5.75 Å². The van der Waals surface area contributed by atoms with Gasteiger partial charge in [0, 0.05) is 29.7 Å². The van der Waals surface area contributed by atoms with Crippen molar-refractivity contribution in [3.8, 4) is 5.75 Å². The Morgan fingerprint density at radius 3 is 2.60 bits per heavy atom. The average molecular weight is 422 g/mol. The fourth-order valence-corrected chi connectivity index (χ4v) is 4.74. The van der Waals surface area contributed by atoms with Gasteiger partial charge >= 0.3 is 0 Å². The van der Waals surface area contributed by atoms with Gasteiger partial charge in [0.2, 0.25) is 0 Å². The van der Waals surface area contributed by atoms with Crippen LogP contribution in [0.25, 0.3) is 10.9 Å². The van der Waals surface area contributed by atoms with Crippen molar-refractivity contribution in [2.24, 2.45) is 0 Å². The molecule has 0 radical (unpaired) electrons. The third-order valence-corrected chi connectivity index (χ3v) is 6.31. The van der Waals surface area contributed by atoms with Gasteiger partial charge in [-0.15, -0.1) is 0 Å². The number of benzene rings is 2. The van der Waals surface area contributed by atoms with Gasteiger partial charge in [-0.05, 0) is 55.7 Å². The molecule has 1 aromatic heterocycles. The number of anilines is 1. The lowest BCUT2D eigenvalue weighted by Crippen LogP contribution is -2.42. The van der Waals surface area contributed by atoms with Crippen molar-refractivity contribution in [1.82, 2.24) is 9.88 Å². The third-order valence-electron chi connectivity index (χ3n) is 5.97. The number of thiocarbonyl (C=S) groups is 1. The summed E-state index contributed by atoms with van der Waals surface area (Å²) in [4.78, 5) is 5.81. The number of nitrogens with zero attached hydrogens (tertiary/aromatic N) is 1. The highest BCUT2D eigenvalue weighted by Gasteiger charge is 2.24. The number of fused-ring (bicyclic) bond motifs is 1. The highest BCUT2D eigenvalue weighted by Crippen LogP contribution is 2.29. The second-order valence-electron chi connectivity index (χ2n) is 7.99. The van der Waals surface area contributed by atoms with Crippen LogP contribution in [0.15, 0.2) is 54.7 Å². The number of ether oxygens (including phenoxy) is 1. The number of rotatable bonds is 6. The van der Waals surface area contributed by atoms with E-state index in [1.165, 1.54) is 55.0 Å². The van der Waals surface area contributed by atoms with Crippen LogP contribution in [0.2, 0.25) is 0 Å². The number of para-hydroxylation sites is 3. The molecule has 1 fully saturated rings. The minimum absolute atomic E-state index is 0.459. The minimum atomic E-state index is 0.459. The van der Waals surface area contributed by atoms with Gasteiger partial charge in [-0.1, -0.05) is 56.0 Å². The van der Waals surface area contributed by atoms with Crippen molar-refractivity contribution >= 4 is 33.9 Å². The van der Waals surface area contributed by atoms with Gasteiger partial charge in [0.05, 0.1) is 12.3 Å².